The van der Waals surface area contributed by atoms with Crippen molar-refractivity contribution in [3.8, 4) is 0 Å². The summed E-state index contributed by atoms with van der Waals surface area (Å²) in [5, 5.41) is 10.2. The summed E-state index contributed by atoms with van der Waals surface area (Å²) in [5.74, 6) is -1.72. The van der Waals surface area contributed by atoms with Gasteiger partial charge in [0.15, 0.2) is 20.1 Å². The maximum Gasteiger partial charge on any atom is 0.304 e. The van der Waals surface area contributed by atoms with Crippen LogP contribution in [-0.2, 0) is 47.2 Å². The molecule has 2 aromatic rings. The van der Waals surface area contributed by atoms with Gasteiger partial charge in [-0.15, -0.1) is 0 Å². The summed E-state index contributed by atoms with van der Waals surface area (Å²) in [6.45, 7) is 6.94. The third-order valence-electron chi connectivity index (χ3n) is 9.85. The minimum Gasteiger partial charge on any atom is -0.441 e. The van der Waals surface area contributed by atoms with E-state index in [1.165, 1.54) is 16.7 Å². The molecule has 234 valence electrons. The number of aliphatic hydroxyl groups excluding tert-OH is 1. The highest BCUT2D eigenvalue weighted by molar-refractivity contribution is 6.71. The molecule has 4 heterocycles. The first-order valence-electron chi connectivity index (χ1n) is 15.1. The molecule has 6 atom stereocenters. The van der Waals surface area contributed by atoms with Gasteiger partial charge >= 0.3 is 5.97 Å². The number of amides is 3. The molecule has 4 aliphatic heterocycles. The van der Waals surface area contributed by atoms with Crippen LogP contribution in [0.4, 0.5) is 11.4 Å². The number of likely N-dealkylation sites (N-methyl/N-ethyl adjacent to an activating group) is 1. The summed E-state index contributed by atoms with van der Waals surface area (Å²) in [6, 6.07) is 12.7. The predicted octanol–water partition coefficient (Wildman–Crippen LogP) is 2.42. The summed E-state index contributed by atoms with van der Waals surface area (Å²) < 4.78 is 12.1. The summed E-state index contributed by atoms with van der Waals surface area (Å²) in [4.78, 5) is 68.5. The fourth-order valence-electron chi connectivity index (χ4n) is 7.84. The van der Waals surface area contributed by atoms with Gasteiger partial charge < -0.3 is 29.2 Å². The van der Waals surface area contributed by atoms with Crippen LogP contribution >= 0.6 is 0 Å². The molecule has 2 saturated heterocycles. The van der Waals surface area contributed by atoms with Crippen LogP contribution in [0, 0.1) is 5.92 Å². The Bertz CT molecular complexity index is 1540. The lowest BCUT2D eigenvalue weighted by Crippen LogP contribution is -2.55. The standard InChI is InChI=1S/C32H39N3O8Si/c1-18-30(44(4,5)41)26(14-27(38)34-16-21-9-7-6-8-20(21)12-23(34)17-36)43-32(18)24-13-22(10-11-25(24)33(3)31(32)40)35-28(39)15-29(35)42-19(2)37/h6-11,13,18,23,26,29-30,36,41H,12,14-17H2,1-5H3/t18-,23+,26+,29?,30-,32+/m1/s1. The minimum absolute atomic E-state index is 0.0580. The van der Waals surface area contributed by atoms with E-state index in [-0.39, 0.29) is 43.2 Å². The lowest BCUT2D eigenvalue weighted by molar-refractivity contribution is -0.154. The molecule has 12 heteroatoms. The quantitative estimate of drug-likeness (QED) is 0.285. The zero-order valence-corrected chi connectivity index (χ0v) is 26.6. The Balaban J connectivity index is 1.35. The molecule has 2 aromatic carbocycles. The highest BCUT2D eigenvalue weighted by Crippen LogP contribution is 2.60. The molecule has 44 heavy (non-hydrogen) atoms. The maximum absolute atomic E-state index is 14.1. The van der Waals surface area contributed by atoms with Crippen LogP contribution in [-0.4, -0.2) is 78.8 Å². The predicted molar refractivity (Wildman–Crippen MR) is 163 cm³/mol. The van der Waals surface area contributed by atoms with Gasteiger partial charge in [-0.1, -0.05) is 31.2 Å². The van der Waals surface area contributed by atoms with Gasteiger partial charge in [0.25, 0.3) is 5.91 Å². The van der Waals surface area contributed by atoms with E-state index in [9.17, 15) is 29.1 Å². The first kappa shape index (κ1) is 30.4. The van der Waals surface area contributed by atoms with Gasteiger partial charge in [0, 0.05) is 43.2 Å². The number of ether oxygens (including phenoxy) is 2. The van der Waals surface area contributed by atoms with Crippen molar-refractivity contribution in [3.63, 3.8) is 0 Å². The number of fused-ring (bicyclic) bond motifs is 3. The Morgan fingerprint density at radius 1 is 1.11 bits per heavy atom. The van der Waals surface area contributed by atoms with Gasteiger partial charge in [-0.05, 0) is 48.8 Å². The fraction of sp³-hybridized carbons (Fsp3) is 0.500. The molecule has 6 rings (SSSR count). The monoisotopic (exact) mass is 621 g/mol. The van der Waals surface area contributed by atoms with E-state index in [1.54, 1.807) is 43.2 Å². The van der Waals surface area contributed by atoms with Gasteiger partial charge in [0.05, 0.1) is 37.3 Å². The number of benzene rings is 2. The summed E-state index contributed by atoms with van der Waals surface area (Å²) in [7, 11) is -1.36. The van der Waals surface area contributed by atoms with E-state index in [0.717, 1.165) is 11.1 Å². The Morgan fingerprint density at radius 2 is 1.82 bits per heavy atom. The summed E-state index contributed by atoms with van der Waals surface area (Å²) in [6.07, 6.45) is -0.942. The first-order chi connectivity index (χ1) is 20.8. The number of rotatable bonds is 6. The van der Waals surface area contributed by atoms with Crippen molar-refractivity contribution in [1.82, 2.24) is 4.90 Å². The van der Waals surface area contributed by atoms with Crippen molar-refractivity contribution in [2.24, 2.45) is 5.92 Å². The van der Waals surface area contributed by atoms with E-state index in [0.29, 0.717) is 29.9 Å². The molecular weight excluding hydrogens is 582 g/mol. The van der Waals surface area contributed by atoms with Crippen LogP contribution in [0.25, 0.3) is 0 Å². The maximum atomic E-state index is 14.1. The van der Waals surface area contributed by atoms with Crippen LogP contribution in [0.15, 0.2) is 42.5 Å². The number of hydrogen-bond acceptors (Lipinski definition) is 8. The van der Waals surface area contributed by atoms with Crippen molar-refractivity contribution >= 4 is 43.4 Å². The van der Waals surface area contributed by atoms with Crippen LogP contribution in [0.2, 0.25) is 18.6 Å². The zero-order chi connectivity index (χ0) is 31.7. The number of carbonyl (C=O) groups excluding carboxylic acids is 4. The van der Waals surface area contributed by atoms with Crippen LogP contribution in [0.1, 0.15) is 43.4 Å². The van der Waals surface area contributed by atoms with E-state index in [1.807, 2.05) is 31.2 Å². The SMILES string of the molecule is CC(=O)OC1CC(=O)N1c1ccc2c(c1)[C@]1(O[C@@H](CC(=O)N3Cc4ccccc4C[C@H]3CO)[C@H]([Si](C)(C)O)[C@H]1C)C(=O)N2C. The molecule has 0 radical (unpaired) electrons. The Hall–Kier alpha value is -3.58. The second kappa shape index (κ2) is 10.8. The van der Waals surface area contributed by atoms with Crippen LogP contribution in [0.3, 0.4) is 0 Å². The molecule has 1 unspecified atom stereocenters. The van der Waals surface area contributed by atoms with Gasteiger partial charge in [0.1, 0.15) is 0 Å². The van der Waals surface area contributed by atoms with Crippen molar-refractivity contribution in [2.75, 3.05) is 23.5 Å². The molecule has 4 aliphatic rings. The first-order valence-corrected chi connectivity index (χ1v) is 18.1. The molecule has 11 nitrogen and oxygen atoms in total. The number of nitrogens with zero attached hydrogens (tertiary/aromatic N) is 3. The molecule has 2 fully saturated rings. The smallest absolute Gasteiger partial charge is 0.304 e. The highest BCUT2D eigenvalue weighted by Gasteiger charge is 2.66. The topological polar surface area (TPSA) is 137 Å². The Labute approximate surface area is 257 Å². The number of β-lactam (4-membered cyclic amide) rings is 1. The average molecular weight is 622 g/mol. The average Bonchev–Trinajstić information content (AvgIpc) is 3.37. The molecule has 0 aromatic heterocycles. The van der Waals surface area contributed by atoms with Crippen molar-refractivity contribution in [3.05, 3.63) is 59.2 Å². The van der Waals surface area contributed by atoms with Gasteiger partial charge in [-0.25, -0.2) is 0 Å². The molecule has 0 aliphatic carbocycles. The largest absolute Gasteiger partial charge is 0.441 e. The number of aliphatic hydroxyl groups is 1. The minimum atomic E-state index is -3.03. The number of hydrogen-bond donors (Lipinski definition) is 2. The third kappa shape index (κ3) is 4.66. The summed E-state index contributed by atoms with van der Waals surface area (Å²) in [5.41, 5.74) is 1.80. The lowest BCUT2D eigenvalue weighted by Gasteiger charge is -2.39. The fourth-order valence-corrected chi connectivity index (χ4v) is 10.4. The van der Waals surface area contributed by atoms with Crippen molar-refractivity contribution in [2.45, 2.75) is 82.3 Å². The molecule has 3 amide bonds. The van der Waals surface area contributed by atoms with E-state index >= 15 is 0 Å². The summed E-state index contributed by atoms with van der Waals surface area (Å²) >= 11 is 0. The Kier molecular flexibility index (Phi) is 7.47. The highest BCUT2D eigenvalue weighted by atomic mass is 28.4. The molecule has 0 bridgehead atoms. The van der Waals surface area contributed by atoms with Gasteiger partial charge in [-0.3, -0.25) is 24.1 Å². The van der Waals surface area contributed by atoms with E-state index in [2.05, 4.69) is 0 Å². The van der Waals surface area contributed by atoms with E-state index < -0.39 is 43.7 Å². The molecule has 2 N–H and O–H groups in total. The normalized spacial score (nSPS) is 29.5. The Morgan fingerprint density at radius 3 is 2.45 bits per heavy atom. The zero-order valence-electron chi connectivity index (χ0n) is 25.6. The third-order valence-corrected chi connectivity index (χ3v) is 12.3. The molecule has 0 saturated carbocycles. The van der Waals surface area contributed by atoms with Crippen LogP contribution in [0.5, 0.6) is 0 Å². The second-order valence-electron chi connectivity index (χ2n) is 13.0. The number of esters is 1. The molecule has 1 spiro atoms. The van der Waals surface area contributed by atoms with Crippen molar-refractivity contribution in [1.29, 1.82) is 0 Å². The second-order valence-corrected chi connectivity index (χ2v) is 17.0. The van der Waals surface area contributed by atoms with Gasteiger partial charge in [0.2, 0.25) is 11.8 Å². The van der Waals surface area contributed by atoms with Crippen molar-refractivity contribution < 1.29 is 38.6 Å². The number of carbonyl (C=O) groups is 4. The molecular formula is C32H39N3O8Si. The van der Waals surface area contributed by atoms with Crippen LogP contribution < -0.4 is 9.80 Å². The van der Waals surface area contributed by atoms with Gasteiger partial charge in [-0.2, -0.15) is 0 Å². The van der Waals surface area contributed by atoms with E-state index in [4.69, 9.17) is 9.47 Å². The lowest BCUT2D eigenvalue weighted by atomic mass is 9.82. The number of anilines is 2.